The van der Waals surface area contributed by atoms with Gasteiger partial charge < -0.3 is 5.32 Å². The minimum absolute atomic E-state index is 0.159. The fourth-order valence-electron chi connectivity index (χ4n) is 2.73. The summed E-state index contributed by atoms with van der Waals surface area (Å²) in [5.41, 5.74) is 2.97. The van der Waals surface area contributed by atoms with E-state index in [0.717, 1.165) is 11.1 Å². The third kappa shape index (κ3) is 5.98. The van der Waals surface area contributed by atoms with Crippen molar-refractivity contribution in [2.45, 2.75) is 24.7 Å². The summed E-state index contributed by atoms with van der Waals surface area (Å²) in [6.07, 6.45) is 0.715. The zero-order valence-corrected chi connectivity index (χ0v) is 18.5. The lowest BCUT2D eigenvalue weighted by atomic mass is 10.1. The Kier molecular flexibility index (Phi) is 7.02. The van der Waals surface area contributed by atoms with Crippen LogP contribution in [0, 0.1) is 6.92 Å². The van der Waals surface area contributed by atoms with Gasteiger partial charge in [0.1, 0.15) is 0 Å². The molecule has 3 rings (SSSR count). The molecular formula is C22H20Cl2N2O3S. The molecule has 5 nitrogen and oxygen atoms in total. The predicted molar refractivity (Wildman–Crippen MR) is 122 cm³/mol. The number of aryl methyl sites for hydroxylation is 2. The summed E-state index contributed by atoms with van der Waals surface area (Å²) in [5, 5.41) is 3.54. The van der Waals surface area contributed by atoms with Crippen molar-refractivity contribution in [2.75, 3.05) is 10.0 Å². The summed E-state index contributed by atoms with van der Waals surface area (Å²) in [6, 6.07) is 18.5. The van der Waals surface area contributed by atoms with Crippen LogP contribution in [0.5, 0.6) is 0 Å². The number of amides is 1. The van der Waals surface area contributed by atoms with Crippen LogP contribution in [0.4, 0.5) is 11.4 Å². The average molecular weight is 463 g/mol. The van der Waals surface area contributed by atoms with Crippen LogP contribution in [0.15, 0.2) is 71.6 Å². The number of carbonyl (C=O) groups is 1. The molecule has 0 radical (unpaired) electrons. The highest BCUT2D eigenvalue weighted by Gasteiger charge is 2.14. The van der Waals surface area contributed by atoms with E-state index in [0.29, 0.717) is 27.8 Å². The number of sulfonamides is 1. The quantitative estimate of drug-likeness (QED) is 0.474. The highest BCUT2D eigenvalue weighted by Crippen LogP contribution is 2.25. The van der Waals surface area contributed by atoms with E-state index in [2.05, 4.69) is 10.0 Å². The second-order valence-corrected chi connectivity index (χ2v) is 9.29. The zero-order chi connectivity index (χ0) is 21.7. The lowest BCUT2D eigenvalue weighted by Gasteiger charge is -2.09. The van der Waals surface area contributed by atoms with Crippen LogP contribution < -0.4 is 10.0 Å². The molecule has 0 spiro atoms. The van der Waals surface area contributed by atoms with Crippen molar-refractivity contribution in [2.24, 2.45) is 0 Å². The minimum Gasteiger partial charge on any atom is -0.326 e. The van der Waals surface area contributed by atoms with E-state index in [1.54, 1.807) is 42.5 Å². The van der Waals surface area contributed by atoms with Gasteiger partial charge in [0.15, 0.2) is 0 Å². The maximum Gasteiger partial charge on any atom is 0.261 e. The molecule has 1 amide bonds. The van der Waals surface area contributed by atoms with Crippen LogP contribution in [-0.4, -0.2) is 14.3 Å². The maximum absolute atomic E-state index is 12.5. The first-order valence-electron chi connectivity index (χ1n) is 9.16. The number of rotatable bonds is 7. The van der Waals surface area contributed by atoms with Crippen molar-refractivity contribution in [3.63, 3.8) is 0 Å². The first-order valence-corrected chi connectivity index (χ1v) is 11.4. The number of halogens is 2. The lowest BCUT2D eigenvalue weighted by molar-refractivity contribution is -0.116. The van der Waals surface area contributed by atoms with Crippen LogP contribution in [0.3, 0.4) is 0 Å². The number of anilines is 2. The van der Waals surface area contributed by atoms with Gasteiger partial charge in [-0.15, -0.1) is 0 Å². The molecule has 0 saturated heterocycles. The number of nitrogens with one attached hydrogen (secondary N) is 2. The Morgan fingerprint density at radius 2 is 1.50 bits per heavy atom. The SMILES string of the molecule is Cc1ccc(NS(=O)(=O)c2ccc(CCC(=O)Nc3ccc(Cl)c(Cl)c3)cc2)cc1. The molecule has 0 saturated carbocycles. The van der Waals surface area contributed by atoms with Gasteiger partial charge in [0, 0.05) is 17.8 Å². The Morgan fingerprint density at radius 3 is 2.13 bits per heavy atom. The lowest BCUT2D eigenvalue weighted by Crippen LogP contribution is -2.13. The summed E-state index contributed by atoms with van der Waals surface area (Å²) < 4.78 is 27.6. The fraction of sp³-hybridized carbons (Fsp3) is 0.136. The zero-order valence-electron chi connectivity index (χ0n) is 16.2. The van der Waals surface area contributed by atoms with Gasteiger partial charge in [-0.25, -0.2) is 8.42 Å². The second kappa shape index (κ2) is 9.51. The van der Waals surface area contributed by atoms with Gasteiger partial charge in [-0.2, -0.15) is 0 Å². The van der Waals surface area contributed by atoms with Crippen LogP contribution >= 0.6 is 23.2 Å². The second-order valence-electron chi connectivity index (χ2n) is 6.79. The van der Waals surface area contributed by atoms with Gasteiger partial charge in [0.25, 0.3) is 10.0 Å². The third-order valence-corrected chi connectivity index (χ3v) is 6.52. The molecule has 0 aliphatic heterocycles. The molecule has 156 valence electrons. The standard InChI is InChI=1S/C22H20Cl2N2O3S/c1-15-2-7-17(8-3-15)26-30(28,29)19-10-4-16(5-11-19)6-13-22(27)25-18-9-12-20(23)21(24)14-18/h2-5,7-12,14,26H,6,13H2,1H3,(H,25,27). The molecule has 0 heterocycles. The van der Waals surface area contributed by atoms with E-state index < -0.39 is 10.0 Å². The van der Waals surface area contributed by atoms with Gasteiger partial charge in [-0.3, -0.25) is 9.52 Å². The smallest absolute Gasteiger partial charge is 0.261 e. The van der Waals surface area contributed by atoms with E-state index in [9.17, 15) is 13.2 Å². The maximum atomic E-state index is 12.5. The average Bonchev–Trinajstić information content (AvgIpc) is 2.71. The Morgan fingerprint density at radius 1 is 0.867 bits per heavy atom. The molecule has 0 aromatic heterocycles. The third-order valence-electron chi connectivity index (χ3n) is 4.38. The van der Waals surface area contributed by atoms with E-state index in [-0.39, 0.29) is 17.2 Å². The van der Waals surface area contributed by atoms with Crippen molar-refractivity contribution in [3.05, 3.63) is 87.9 Å². The molecular weight excluding hydrogens is 443 g/mol. The van der Waals surface area contributed by atoms with Crippen LogP contribution in [0.25, 0.3) is 0 Å². The topological polar surface area (TPSA) is 75.3 Å². The van der Waals surface area contributed by atoms with Crippen molar-refractivity contribution in [3.8, 4) is 0 Å². The van der Waals surface area contributed by atoms with E-state index in [1.165, 1.54) is 12.1 Å². The highest BCUT2D eigenvalue weighted by molar-refractivity contribution is 7.92. The normalized spacial score (nSPS) is 11.2. The van der Waals surface area contributed by atoms with Gasteiger partial charge in [0.2, 0.25) is 5.91 Å². The monoisotopic (exact) mass is 462 g/mol. The first kappa shape index (κ1) is 22.2. The summed E-state index contributed by atoms with van der Waals surface area (Å²) in [6.45, 7) is 1.93. The molecule has 3 aromatic rings. The largest absolute Gasteiger partial charge is 0.326 e. The molecule has 0 aliphatic carbocycles. The van der Waals surface area contributed by atoms with Crippen molar-refractivity contribution in [1.29, 1.82) is 0 Å². The predicted octanol–water partition coefficient (Wildman–Crippen LogP) is 5.67. The summed E-state index contributed by atoms with van der Waals surface area (Å²) in [4.78, 5) is 12.3. The van der Waals surface area contributed by atoms with Gasteiger partial charge in [-0.05, 0) is 61.4 Å². The molecule has 0 aliphatic rings. The number of hydrogen-bond donors (Lipinski definition) is 2. The number of hydrogen-bond acceptors (Lipinski definition) is 3. The van der Waals surface area contributed by atoms with Crippen LogP contribution in [0.1, 0.15) is 17.5 Å². The molecule has 0 fully saturated rings. The number of benzene rings is 3. The molecule has 0 bridgehead atoms. The van der Waals surface area contributed by atoms with Gasteiger partial charge in [0.05, 0.1) is 14.9 Å². The molecule has 3 aromatic carbocycles. The van der Waals surface area contributed by atoms with E-state index in [1.807, 2.05) is 19.1 Å². The number of carbonyl (C=O) groups excluding carboxylic acids is 1. The molecule has 8 heteroatoms. The van der Waals surface area contributed by atoms with E-state index >= 15 is 0 Å². The molecule has 30 heavy (non-hydrogen) atoms. The first-order chi connectivity index (χ1) is 14.2. The fourth-order valence-corrected chi connectivity index (χ4v) is 4.08. The minimum atomic E-state index is -3.68. The summed E-state index contributed by atoms with van der Waals surface area (Å²) in [7, 11) is -3.68. The van der Waals surface area contributed by atoms with Crippen LogP contribution in [-0.2, 0) is 21.2 Å². The van der Waals surface area contributed by atoms with Gasteiger partial charge in [-0.1, -0.05) is 53.0 Å². The molecule has 2 N–H and O–H groups in total. The Labute approximate surface area is 186 Å². The Hall–Kier alpha value is -2.54. The van der Waals surface area contributed by atoms with E-state index in [4.69, 9.17) is 23.2 Å². The van der Waals surface area contributed by atoms with Crippen molar-refractivity contribution >= 4 is 50.5 Å². The Bertz CT molecular complexity index is 1150. The summed E-state index contributed by atoms with van der Waals surface area (Å²) >= 11 is 11.8. The molecule has 0 unspecified atom stereocenters. The highest BCUT2D eigenvalue weighted by atomic mass is 35.5. The molecule has 0 atom stereocenters. The Balaban J connectivity index is 1.57. The van der Waals surface area contributed by atoms with Crippen LogP contribution in [0.2, 0.25) is 10.0 Å². The van der Waals surface area contributed by atoms with Crippen molar-refractivity contribution < 1.29 is 13.2 Å². The van der Waals surface area contributed by atoms with Gasteiger partial charge >= 0.3 is 0 Å². The van der Waals surface area contributed by atoms with Crippen molar-refractivity contribution in [1.82, 2.24) is 0 Å². The summed E-state index contributed by atoms with van der Waals surface area (Å²) in [5.74, 6) is -0.175.